The normalized spacial score (nSPS) is 37.1. The van der Waals surface area contributed by atoms with Gasteiger partial charge in [0, 0.05) is 17.4 Å². The van der Waals surface area contributed by atoms with Crippen molar-refractivity contribution in [1.29, 1.82) is 5.26 Å². The quantitative estimate of drug-likeness (QED) is 0.404. The molecule has 0 amide bonds. The fraction of sp³-hybridized carbons (Fsp3) is 0.571. The summed E-state index contributed by atoms with van der Waals surface area (Å²) >= 11 is 5.93. The molecule has 4 aliphatic carbocycles. The van der Waals surface area contributed by atoms with Gasteiger partial charge in [-0.05, 0) is 104 Å². The van der Waals surface area contributed by atoms with Crippen molar-refractivity contribution in [2.45, 2.75) is 65.2 Å². The van der Waals surface area contributed by atoms with E-state index in [9.17, 15) is 14.9 Å². The summed E-state index contributed by atoms with van der Waals surface area (Å²) in [5.41, 5.74) is 4.88. The summed E-state index contributed by atoms with van der Waals surface area (Å²) in [5.74, 6) is 1.65. The molecule has 1 aromatic carbocycles. The van der Waals surface area contributed by atoms with Crippen LogP contribution < -0.4 is 5.43 Å². The van der Waals surface area contributed by atoms with Crippen molar-refractivity contribution in [3.8, 4) is 6.07 Å². The number of hydrogen-bond donors (Lipinski definition) is 1. The first-order valence-corrected chi connectivity index (χ1v) is 12.9. The Morgan fingerprint density at radius 2 is 1.85 bits per heavy atom. The Kier molecular flexibility index (Phi) is 5.92. The van der Waals surface area contributed by atoms with Gasteiger partial charge in [-0.2, -0.15) is 10.4 Å². The van der Waals surface area contributed by atoms with Gasteiger partial charge < -0.3 is 0 Å². The summed E-state index contributed by atoms with van der Waals surface area (Å²) in [7, 11) is 0. The molecule has 3 saturated carbocycles. The van der Waals surface area contributed by atoms with Crippen LogP contribution in [0.25, 0.3) is 0 Å². The van der Waals surface area contributed by atoms with Gasteiger partial charge in [0.2, 0.25) is 5.71 Å². The van der Waals surface area contributed by atoms with Gasteiger partial charge >= 0.3 is 0 Å². The van der Waals surface area contributed by atoms with Gasteiger partial charge in [-0.15, -0.1) is 0 Å². The predicted molar refractivity (Wildman–Crippen MR) is 133 cm³/mol. The molecule has 3 fully saturated rings. The predicted octanol–water partition coefficient (Wildman–Crippen LogP) is 6.35. The molecule has 5 rings (SSSR count). The third-order valence-corrected chi connectivity index (χ3v) is 10.0. The topological polar surface area (TPSA) is 82.3 Å². The van der Waals surface area contributed by atoms with Gasteiger partial charge in [0.05, 0.1) is 5.69 Å². The number of nitrogens with zero attached hydrogens (tertiary/aromatic N) is 2. The number of hydrogen-bond acceptors (Lipinski definition) is 5. The summed E-state index contributed by atoms with van der Waals surface area (Å²) in [4.78, 5) is 25.6. The largest absolute Gasteiger partial charge is 0.295 e. The van der Waals surface area contributed by atoms with Gasteiger partial charge in [-0.1, -0.05) is 31.0 Å². The van der Waals surface area contributed by atoms with Crippen LogP contribution in [-0.4, -0.2) is 17.3 Å². The molecule has 178 valence electrons. The number of nitrogens with one attached hydrogen (secondary N) is 1. The number of rotatable bonds is 4. The number of allylic oxidation sites excluding steroid dienone is 1. The molecule has 34 heavy (non-hydrogen) atoms. The summed E-state index contributed by atoms with van der Waals surface area (Å²) < 4.78 is 0. The minimum atomic E-state index is -0.165. The second-order valence-corrected chi connectivity index (χ2v) is 11.6. The van der Waals surface area contributed by atoms with Gasteiger partial charge in [0.25, 0.3) is 0 Å². The van der Waals surface area contributed by atoms with E-state index in [2.05, 4.69) is 24.4 Å². The highest BCUT2D eigenvalue weighted by molar-refractivity contribution is 6.46. The van der Waals surface area contributed by atoms with E-state index in [1.54, 1.807) is 24.3 Å². The van der Waals surface area contributed by atoms with Crippen molar-refractivity contribution in [3.63, 3.8) is 0 Å². The second-order valence-electron chi connectivity index (χ2n) is 11.2. The van der Waals surface area contributed by atoms with Crippen molar-refractivity contribution < 1.29 is 9.59 Å². The molecule has 0 saturated heterocycles. The smallest absolute Gasteiger partial charge is 0.203 e. The summed E-state index contributed by atoms with van der Waals surface area (Å²) in [5, 5.41) is 14.5. The van der Waals surface area contributed by atoms with Crippen molar-refractivity contribution in [1.82, 2.24) is 0 Å². The molecule has 0 radical (unpaired) electrons. The molecular formula is C28H32ClN3O2. The standard InChI is InChI=1S/C28H32ClN3O2/c1-27-13-11-20(33)15-17(27)3-8-21-22-9-10-24(28(22,2)14-12-23(21)27)26(34)25(16-30)32-31-19-6-4-18(29)5-7-19/h4-7,15,21-24,31H,3,8-14H2,1-2H3/b32-25+/t21-,22-,23-,24+,27-,28-/m0/s1. The van der Waals surface area contributed by atoms with E-state index >= 15 is 0 Å². The molecule has 0 spiro atoms. The number of benzene rings is 1. The second kappa shape index (κ2) is 8.64. The third-order valence-electron chi connectivity index (χ3n) is 9.76. The van der Waals surface area contributed by atoms with E-state index in [0.29, 0.717) is 34.9 Å². The highest BCUT2D eigenvalue weighted by Gasteiger charge is 2.60. The summed E-state index contributed by atoms with van der Waals surface area (Å²) in [6.07, 6.45) is 9.62. The fourth-order valence-corrected chi connectivity index (χ4v) is 8.06. The SMILES string of the molecule is C[C@]12CC[C@H]3[C@@H](CCC4=CC(=O)CC[C@@]43C)[C@@H]1CC[C@@H]2C(=O)/C(C#N)=N/Nc1ccc(Cl)cc1. The maximum atomic E-state index is 13.5. The highest BCUT2D eigenvalue weighted by Crippen LogP contribution is 2.66. The number of nitriles is 1. The Balaban J connectivity index is 1.35. The van der Waals surface area contributed by atoms with Crippen LogP contribution in [0.4, 0.5) is 5.69 Å². The minimum Gasteiger partial charge on any atom is -0.295 e. The summed E-state index contributed by atoms with van der Waals surface area (Å²) in [6, 6.07) is 9.06. The summed E-state index contributed by atoms with van der Waals surface area (Å²) in [6.45, 7) is 4.66. The molecule has 1 aromatic rings. The number of anilines is 1. The van der Waals surface area contributed by atoms with E-state index in [1.807, 2.05) is 12.1 Å². The maximum Gasteiger partial charge on any atom is 0.203 e. The van der Waals surface area contributed by atoms with E-state index in [4.69, 9.17) is 11.6 Å². The van der Waals surface area contributed by atoms with Crippen LogP contribution in [0.15, 0.2) is 41.0 Å². The Morgan fingerprint density at radius 3 is 2.59 bits per heavy atom. The average molecular weight is 478 g/mol. The fourth-order valence-electron chi connectivity index (χ4n) is 7.94. The zero-order valence-electron chi connectivity index (χ0n) is 19.9. The van der Waals surface area contributed by atoms with Crippen molar-refractivity contribution in [2.75, 3.05) is 5.43 Å². The number of fused-ring (bicyclic) bond motifs is 5. The molecule has 4 aliphatic rings. The Labute approximate surface area is 206 Å². The lowest BCUT2D eigenvalue weighted by atomic mass is 9.46. The molecular weight excluding hydrogens is 446 g/mol. The van der Waals surface area contributed by atoms with E-state index < -0.39 is 0 Å². The van der Waals surface area contributed by atoms with Crippen LogP contribution in [0, 0.1) is 45.8 Å². The van der Waals surface area contributed by atoms with Crippen LogP contribution in [-0.2, 0) is 9.59 Å². The Hall–Kier alpha value is -2.45. The van der Waals surface area contributed by atoms with Gasteiger partial charge in [0.1, 0.15) is 6.07 Å². The first-order chi connectivity index (χ1) is 16.3. The Bertz CT molecular complexity index is 1120. The van der Waals surface area contributed by atoms with Gasteiger partial charge in [-0.25, -0.2) is 0 Å². The highest BCUT2D eigenvalue weighted by atomic mass is 35.5. The number of carbonyl (C=O) groups excluding carboxylic acids is 2. The van der Waals surface area contributed by atoms with E-state index in [0.717, 1.165) is 44.9 Å². The third kappa shape index (κ3) is 3.71. The van der Waals surface area contributed by atoms with E-state index in [1.165, 1.54) is 5.57 Å². The lowest BCUT2D eigenvalue weighted by Gasteiger charge is -2.58. The molecule has 0 heterocycles. The number of halogens is 1. The molecule has 1 N–H and O–H groups in total. The number of Topliss-reactive ketones (excluding diaryl/α,β-unsaturated/α-hetero) is 1. The minimum absolute atomic E-state index is 0.0458. The van der Waals surface area contributed by atoms with Crippen LogP contribution in [0.5, 0.6) is 0 Å². The number of hydrazone groups is 1. The lowest BCUT2D eigenvalue weighted by molar-refractivity contribution is -0.124. The monoisotopic (exact) mass is 477 g/mol. The molecule has 0 unspecified atom stereocenters. The number of ketones is 2. The maximum absolute atomic E-state index is 13.5. The van der Waals surface area contributed by atoms with Crippen LogP contribution >= 0.6 is 11.6 Å². The number of carbonyl (C=O) groups is 2. The first-order valence-electron chi connectivity index (χ1n) is 12.5. The zero-order chi connectivity index (χ0) is 24.1. The van der Waals surface area contributed by atoms with Crippen molar-refractivity contribution >= 4 is 34.6 Å². The molecule has 0 aromatic heterocycles. The first kappa shape index (κ1) is 23.3. The molecule has 6 atom stereocenters. The van der Waals surface area contributed by atoms with Crippen LogP contribution in [0.3, 0.4) is 0 Å². The zero-order valence-corrected chi connectivity index (χ0v) is 20.7. The van der Waals surface area contributed by atoms with Crippen molar-refractivity contribution in [3.05, 3.63) is 40.9 Å². The average Bonchev–Trinajstić information content (AvgIpc) is 3.18. The Morgan fingerprint density at radius 1 is 1.09 bits per heavy atom. The molecule has 5 nitrogen and oxygen atoms in total. The van der Waals surface area contributed by atoms with Crippen LogP contribution in [0.1, 0.15) is 65.2 Å². The molecule has 0 aliphatic heterocycles. The lowest BCUT2D eigenvalue weighted by Crippen LogP contribution is -2.51. The van der Waals surface area contributed by atoms with Gasteiger partial charge in [0.15, 0.2) is 11.6 Å². The molecule has 0 bridgehead atoms. The van der Waals surface area contributed by atoms with Crippen LogP contribution in [0.2, 0.25) is 5.02 Å². The van der Waals surface area contributed by atoms with E-state index in [-0.39, 0.29) is 34.0 Å². The van der Waals surface area contributed by atoms with Gasteiger partial charge in [-0.3, -0.25) is 15.0 Å². The van der Waals surface area contributed by atoms with Crippen molar-refractivity contribution in [2.24, 2.45) is 39.6 Å². The molecule has 6 heteroatoms.